The molecule has 1 aliphatic carbocycles. The minimum absolute atomic E-state index is 0.00902. The van der Waals surface area contributed by atoms with E-state index in [0.29, 0.717) is 32.8 Å². The van der Waals surface area contributed by atoms with Gasteiger partial charge in [-0.3, -0.25) is 19.0 Å². The van der Waals surface area contributed by atoms with Crippen molar-refractivity contribution in [2.24, 2.45) is 13.0 Å². The predicted octanol–water partition coefficient (Wildman–Crippen LogP) is 7.56. The number of fused-ring (bicyclic) bond motifs is 2. The van der Waals surface area contributed by atoms with E-state index in [0.717, 1.165) is 12.1 Å². The summed E-state index contributed by atoms with van der Waals surface area (Å²) in [5.41, 5.74) is -1.91. The molecule has 1 aliphatic rings. The number of anilines is 1. The molecule has 0 saturated heterocycles. The lowest BCUT2D eigenvalue weighted by molar-refractivity contribution is -0.123. The highest BCUT2D eigenvalue weighted by Gasteiger charge is 2.52. The van der Waals surface area contributed by atoms with Crippen LogP contribution >= 0.6 is 11.6 Å². The van der Waals surface area contributed by atoms with Crippen molar-refractivity contribution < 1.29 is 41.0 Å². The van der Waals surface area contributed by atoms with E-state index < -0.39 is 71.3 Å². The molecule has 2 unspecified atom stereocenters. The standard InChI is InChI=1S/C39H36ClF6N7O3/c1-6-21-16-27-33(36(43)44)50-53(35(27)39(21,45)46)18-30(55)49-29(15-20-13-22(41)17-23(42)14-20)32-25(8-7-24(48-32)11-12-38(3,4)56)26-9-10-28(40)31-34(26)52(5)51-37(31)47-19(2)54/h7-10,13-14,17,21,29,36,56H,6,15-16,18H2,1-5H3,(H,49,55)(H,47,51,54). The van der Waals surface area contributed by atoms with Crippen molar-refractivity contribution >= 4 is 40.1 Å². The number of alkyl halides is 4. The van der Waals surface area contributed by atoms with Gasteiger partial charge < -0.3 is 15.7 Å². The number of aliphatic hydroxyl groups is 1. The van der Waals surface area contributed by atoms with Crippen LogP contribution in [0.4, 0.5) is 32.2 Å². The van der Waals surface area contributed by atoms with Gasteiger partial charge in [0.25, 0.3) is 12.3 Å². The second-order valence-electron chi connectivity index (χ2n) is 14.1. The number of nitrogens with zero attached hydrogens (tertiary/aromatic N) is 5. The van der Waals surface area contributed by atoms with Gasteiger partial charge in [-0.25, -0.2) is 22.5 Å². The van der Waals surface area contributed by atoms with E-state index in [4.69, 9.17) is 16.6 Å². The van der Waals surface area contributed by atoms with E-state index in [9.17, 15) is 32.3 Å². The molecule has 0 spiro atoms. The smallest absolute Gasteiger partial charge is 0.292 e. The highest BCUT2D eigenvalue weighted by molar-refractivity contribution is 6.37. The summed E-state index contributed by atoms with van der Waals surface area (Å²) < 4.78 is 90.4. The number of carbonyl (C=O) groups excluding carboxylic acids is 2. The van der Waals surface area contributed by atoms with Crippen LogP contribution in [0.3, 0.4) is 0 Å². The molecule has 2 aromatic carbocycles. The minimum atomic E-state index is -3.55. The Morgan fingerprint density at radius 2 is 1.75 bits per heavy atom. The number of hydrogen-bond acceptors (Lipinski definition) is 6. The number of carbonyl (C=O) groups is 2. The van der Waals surface area contributed by atoms with Gasteiger partial charge in [-0.05, 0) is 74.9 Å². The minimum Gasteiger partial charge on any atom is -0.378 e. The average Bonchev–Trinajstić information content (AvgIpc) is 3.71. The molecule has 0 saturated carbocycles. The number of amides is 2. The van der Waals surface area contributed by atoms with Crippen LogP contribution in [0.25, 0.3) is 22.0 Å². The summed E-state index contributed by atoms with van der Waals surface area (Å²) in [6, 6.07) is 7.80. The Hall–Kier alpha value is -5.40. The molecule has 294 valence electrons. The lowest BCUT2D eigenvalue weighted by Gasteiger charge is -2.23. The van der Waals surface area contributed by atoms with Crippen molar-refractivity contribution in [1.82, 2.24) is 29.9 Å². The zero-order valence-corrected chi connectivity index (χ0v) is 31.5. The second-order valence-corrected chi connectivity index (χ2v) is 14.5. The predicted molar refractivity (Wildman–Crippen MR) is 196 cm³/mol. The van der Waals surface area contributed by atoms with Crippen LogP contribution in [-0.2, 0) is 41.9 Å². The van der Waals surface area contributed by atoms with Crippen LogP contribution in [0.15, 0.2) is 42.5 Å². The number of aromatic nitrogens is 5. The van der Waals surface area contributed by atoms with E-state index in [1.165, 1.54) is 38.4 Å². The summed E-state index contributed by atoms with van der Waals surface area (Å²) in [5, 5.41) is 24.5. The lowest BCUT2D eigenvalue weighted by Crippen LogP contribution is -2.35. The lowest BCUT2D eigenvalue weighted by atomic mass is 9.93. The van der Waals surface area contributed by atoms with Gasteiger partial charge in [0.2, 0.25) is 11.8 Å². The molecule has 0 fully saturated rings. The molecular formula is C39H36ClF6N7O3. The Morgan fingerprint density at radius 1 is 1.07 bits per heavy atom. The SMILES string of the molecule is CCC1Cc2c(C(F)F)nn(CC(=O)NC(Cc3cc(F)cc(F)c3)c3nc(C#CC(C)(C)O)ccc3-c3ccc(Cl)c4c(NC(C)=O)nn(C)c34)c2C1(F)F. The zero-order chi connectivity index (χ0) is 40.9. The molecule has 6 rings (SSSR count). The summed E-state index contributed by atoms with van der Waals surface area (Å²) in [4.78, 5) is 30.7. The maximum Gasteiger partial charge on any atom is 0.292 e. The maximum absolute atomic E-state index is 15.6. The second kappa shape index (κ2) is 15.3. The van der Waals surface area contributed by atoms with E-state index in [-0.39, 0.29) is 52.6 Å². The van der Waals surface area contributed by atoms with Crippen LogP contribution in [0, 0.1) is 29.4 Å². The van der Waals surface area contributed by atoms with Gasteiger partial charge in [-0.2, -0.15) is 19.0 Å². The molecule has 3 heterocycles. The number of nitrogens with one attached hydrogen (secondary N) is 2. The third kappa shape index (κ3) is 8.10. The average molecular weight is 800 g/mol. The van der Waals surface area contributed by atoms with E-state index in [1.807, 2.05) is 0 Å². The van der Waals surface area contributed by atoms with Crippen LogP contribution in [-0.4, -0.2) is 47.1 Å². The Labute approximate surface area is 322 Å². The van der Waals surface area contributed by atoms with E-state index >= 15 is 8.78 Å². The van der Waals surface area contributed by atoms with Gasteiger partial charge in [0, 0.05) is 42.6 Å². The van der Waals surface area contributed by atoms with Gasteiger partial charge in [-0.1, -0.05) is 30.5 Å². The summed E-state index contributed by atoms with van der Waals surface area (Å²) in [6.07, 6.45) is -3.84. The molecule has 0 bridgehead atoms. The monoisotopic (exact) mass is 799 g/mol. The third-order valence-electron chi connectivity index (χ3n) is 9.32. The fourth-order valence-corrected chi connectivity index (χ4v) is 7.25. The highest BCUT2D eigenvalue weighted by Crippen LogP contribution is 2.50. The largest absolute Gasteiger partial charge is 0.378 e. The van der Waals surface area contributed by atoms with Crippen molar-refractivity contribution in [3.05, 3.63) is 93.0 Å². The number of rotatable bonds is 10. The number of halogens is 7. The zero-order valence-electron chi connectivity index (χ0n) is 30.7. The van der Waals surface area contributed by atoms with Gasteiger partial charge in [0.1, 0.15) is 40.9 Å². The Bertz CT molecular complexity index is 2410. The molecule has 3 N–H and O–H groups in total. The normalized spacial score (nSPS) is 15.4. The van der Waals surface area contributed by atoms with Crippen molar-refractivity contribution in [2.45, 2.75) is 77.5 Å². The van der Waals surface area contributed by atoms with Gasteiger partial charge in [0.05, 0.1) is 27.7 Å². The number of pyridine rings is 1. The fourth-order valence-electron chi connectivity index (χ4n) is 7.01. The van der Waals surface area contributed by atoms with Crippen LogP contribution in [0.2, 0.25) is 5.02 Å². The topological polar surface area (TPSA) is 127 Å². The molecule has 0 aliphatic heterocycles. The van der Waals surface area contributed by atoms with Crippen molar-refractivity contribution in [2.75, 3.05) is 5.32 Å². The fraction of sp³-hybridized carbons (Fsp3) is 0.359. The van der Waals surface area contributed by atoms with Crippen molar-refractivity contribution in [1.29, 1.82) is 0 Å². The number of aryl methyl sites for hydroxylation is 1. The third-order valence-corrected chi connectivity index (χ3v) is 9.64. The van der Waals surface area contributed by atoms with Crippen molar-refractivity contribution in [3.63, 3.8) is 0 Å². The van der Waals surface area contributed by atoms with E-state index in [2.05, 4.69) is 32.7 Å². The first-order valence-electron chi connectivity index (χ1n) is 17.5. The molecular weight excluding hydrogens is 764 g/mol. The van der Waals surface area contributed by atoms with Crippen molar-refractivity contribution in [3.8, 4) is 23.0 Å². The summed E-state index contributed by atoms with van der Waals surface area (Å²) in [6.45, 7) is 4.81. The first-order valence-corrected chi connectivity index (χ1v) is 17.8. The number of hydrogen-bond donors (Lipinski definition) is 3. The number of benzene rings is 2. The molecule has 17 heteroatoms. The summed E-state index contributed by atoms with van der Waals surface area (Å²) in [5.74, 6) is -2.43. The molecule has 5 aromatic rings. The van der Waals surface area contributed by atoms with Crippen LogP contribution in [0.1, 0.15) is 80.5 Å². The Balaban J connectivity index is 1.53. The Morgan fingerprint density at radius 3 is 2.38 bits per heavy atom. The Kier molecular flexibility index (Phi) is 11.0. The molecule has 10 nitrogen and oxygen atoms in total. The molecule has 56 heavy (non-hydrogen) atoms. The van der Waals surface area contributed by atoms with Gasteiger partial charge >= 0.3 is 0 Å². The summed E-state index contributed by atoms with van der Waals surface area (Å²) in [7, 11) is 1.60. The first-order chi connectivity index (χ1) is 26.3. The highest BCUT2D eigenvalue weighted by atomic mass is 35.5. The van der Waals surface area contributed by atoms with Crippen LogP contribution in [0.5, 0.6) is 0 Å². The van der Waals surface area contributed by atoms with Crippen LogP contribution < -0.4 is 10.6 Å². The van der Waals surface area contributed by atoms with Gasteiger partial charge in [-0.15, -0.1) is 0 Å². The molecule has 2 amide bonds. The van der Waals surface area contributed by atoms with E-state index in [1.54, 1.807) is 25.2 Å². The van der Waals surface area contributed by atoms with Gasteiger partial charge in [0.15, 0.2) is 5.82 Å². The molecule has 0 radical (unpaired) electrons. The molecule has 3 aromatic heterocycles. The first kappa shape index (κ1) is 40.3. The maximum atomic E-state index is 15.6. The quantitative estimate of drug-likeness (QED) is 0.0990. The summed E-state index contributed by atoms with van der Waals surface area (Å²) >= 11 is 6.61. The molecule has 2 atom stereocenters.